The molecule has 0 aromatic heterocycles. The fraction of sp³-hybridized carbons (Fsp3) is 0.316. The molecule has 1 N–H and O–H groups in total. The fourth-order valence-electron chi connectivity index (χ4n) is 2.51. The summed E-state index contributed by atoms with van der Waals surface area (Å²) < 4.78 is 34.3. The maximum atomic E-state index is 13.2. The molecular formula is C19H24NO6P. The number of ether oxygens (including phenoxy) is 2. The van der Waals surface area contributed by atoms with Crippen LogP contribution in [0.1, 0.15) is 23.8 Å². The van der Waals surface area contributed by atoms with E-state index in [0.717, 1.165) is 5.56 Å². The molecule has 0 radical (unpaired) electrons. The van der Waals surface area contributed by atoms with Gasteiger partial charge in [-0.15, -0.1) is 0 Å². The third-order valence-electron chi connectivity index (χ3n) is 3.78. The molecule has 0 fully saturated rings. The first kappa shape index (κ1) is 21.0. The van der Waals surface area contributed by atoms with Crippen molar-refractivity contribution >= 4 is 13.7 Å². The monoisotopic (exact) mass is 393 g/mol. The maximum Gasteiger partial charge on any atom is 0.408 e. The molecule has 2 unspecified atom stereocenters. The standard InChI is InChI=1S/C19H24NO6P/c1-4-26-27(22,24-3)18(16-12-8-9-13-17(16)23-2)20-19(21)25-14-15-10-6-5-7-11-15/h5-13,18H,4,14H2,1-3H3,(H,20,21). The maximum absolute atomic E-state index is 13.2. The summed E-state index contributed by atoms with van der Waals surface area (Å²) >= 11 is 0. The van der Waals surface area contributed by atoms with E-state index in [1.807, 2.05) is 30.3 Å². The second-order valence-corrected chi connectivity index (χ2v) is 7.71. The molecule has 0 aliphatic rings. The Balaban J connectivity index is 2.24. The van der Waals surface area contributed by atoms with Crippen LogP contribution in [0.5, 0.6) is 5.75 Å². The zero-order valence-electron chi connectivity index (χ0n) is 15.6. The lowest BCUT2D eigenvalue weighted by atomic mass is 10.2. The van der Waals surface area contributed by atoms with Crippen molar-refractivity contribution in [2.75, 3.05) is 20.8 Å². The highest BCUT2D eigenvalue weighted by Gasteiger charge is 2.39. The smallest absolute Gasteiger partial charge is 0.408 e. The summed E-state index contributed by atoms with van der Waals surface area (Å²) in [5.41, 5.74) is 1.30. The molecule has 0 heterocycles. The zero-order valence-corrected chi connectivity index (χ0v) is 16.5. The largest absolute Gasteiger partial charge is 0.496 e. The topological polar surface area (TPSA) is 83.1 Å². The number of alkyl carbamates (subject to hydrolysis) is 1. The number of nitrogens with one attached hydrogen (secondary N) is 1. The van der Waals surface area contributed by atoms with E-state index in [1.165, 1.54) is 14.2 Å². The summed E-state index contributed by atoms with van der Waals surface area (Å²) in [6.45, 7) is 1.92. The van der Waals surface area contributed by atoms with Gasteiger partial charge < -0.3 is 23.8 Å². The molecule has 146 valence electrons. The minimum atomic E-state index is -3.71. The van der Waals surface area contributed by atoms with E-state index in [2.05, 4.69) is 5.32 Å². The van der Waals surface area contributed by atoms with E-state index >= 15 is 0 Å². The third-order valence-corrected chi connectivity index (χ3v) is 5.95. The average molecular weight is 393 g/mol. The number of rotatable bonds is 9. The van der Waals surface area contributed by atoms with Crippen molar-refractivity contribution in [1.82, 2.24) is 5.32 Å². The van der Waals surface area contributed by atoms with Gasteiger partial charge in [0.1, 0.15) is 12.4 Å². The van der Waals surface area contributed by atoms with Gasteiger partial charge in [0.2, 0.25) is 0 Å². The Morgan fingerprint density at radius 2 is 1.74 bits per heavy atom. The lowest BCUT2D eigenvalue weighted by Crippen LogP contribution is -2.30. The van der Waals surface area contributed by atoms with Gasteiger partial charge in [-0.25, -0.2) is 4.79 Å². The van der Waals surface area contributed by atoms with E-state index in [0.29, 0.717) is 11.3 Å². The van der Waals surface area contributed by atoms with Crippen molar-refractivity contribution in [2.24, 2.45) is 0 Å². The van der Waals surface area contributed by atoms with Crippen LogP contribution in [0.15, 0.2) is 54.6 Å². The quantitative estimate of drug-likeness (QED) is 0.632. The van der Waals surface area contributed by atoms with Crippen LogP contribution in [-0.4, -0.2) is 26.9 Å². The number of carbonyl (C=O) groups is 1. The van der Waals surface area contributed by atoms with Gasteiger partial charge in [-0.05, 0) is 18.6 Å². The first-order valence-electron chi connectivity index (χ1n) is 8.44. The summed E-state index contributed by atoms with van der Waals surface area (Å²) in [4.78, 5) is 12.4. The van der Waals surface area contributed by atoms with Gasteiger partial charge in [-0.2, -0.15) is 0 Å². The van der Waals surface area contributed by atoms with Gasteiger partial charge in [0.15, 0.2) is 5.78 Å². The molecule has 0 aliphatic heterocycles. The zero-order chi connectivity index (χ0) is 19.7. The molecule has 2 atom stereocenters. The van der Waals surface area contributed by atoms with Crippen LogP contribution in [0.2, 0.25) is 0 Å². The van der Waals surface area contributed by atoms with Crippen LogP contribution in [0.4, 0.5) is 4.79 Å². The van der Waals surface area contributed by atoms with Gasteiger partial charge >= 0.3 is 13.7 Å². The third kappa shape index (κ3) is 5.57. The van der Waals surface area contributed by atoms with Gasteiger partial charge in [0.25, 0.3) is 0 Å². The minimum absolute atomic E-state index is 0.0806. The van der Waals surface area contributed by atoms with Gasteiger partial charge in [-0.3, -0.25) is 4.57 Å². The Morgan fingerprint density at radius 3 is 2.37 bits per heavy atom. The van der Waals surface area contributed by atoms with Crippen molar-refractivity contribution in [3.63, 3.8) is 0 Å². The fourth-order valence-corrected chi connectivity index (χ4v) is 4.15. The number of para-hydroxylation sites is 1. The summed E-state index contributed by atoms with van der Waals surface area (Å²) in [7, 11) is -0.952. The molecule has 1 amide bonds. The molecule has 8 heteroatoms. The molecular weight excluding hydrogens is 369 g/mol. The molecule has 2 rings (SSSR count). The summed E-state index contributed by atoms with van der Waals surface area (Å²) in [5, 5.41) is 2.60. The highest BCUT2D eigenvalue weighted by molar-refractivity contribution is 7.54. The van der Waals surface area contributed by atoms with Crippen molar-refractivity contribution in [3.8, 4) is 5.75 Å². The first-order chi connectivity index (χ1) is 13.0. The van der Waals surface area contributed by atoms with Crippen LogP contribution in [0.25, 0.3) is 0 Å². The van der Waals surface area contributed by atoms with Crippen molar-refractivity contribution < 1.29 is 27.9 Å². The number of amides is 1. The number of carbonyl (C=O) groups excluding carboxylic acids is 1. The van der Waals surface area contributed by atoms with Crippen LogP contribution < -0.4 is 10.1 Å². The lowest BCUT2D eigenvalue weighted by Gasteiger charge is -2.27. The molecule has 2 aromatic rings. The normalized spacial score (nSPS) is 14.0. The Bertz CT molecular complexity index is 783. The van der Waals surface area contributed by atoms with Gasteiger partial charge in [0, 0.05) is 12.7 Å². The number of hydrogen-bond acceptors (Lipinski definition) is 6. The van der Waals surface area contributed by atoms with E-state index in [9.17, 15) is 9.36 Å². The molecule has 2 aromatic carbocycles. The molecule has 7 nitrogen and oxygen atoms in total. The first-order valence-corrected chi connectivity index (χ1v) is 10.1. The van der Waals surface area contributed by atoms with E-state index < -0.39 is 19.5 Å². The molecule has 27 heavy (non-hydrogen) atoms. The number of benzene rings is 2. The number of hydrogen-bond donors (Lipinski definition) is 1. The van der Waals surface area contributed by atoms with Crippen molar-refractivity contribution in [1.29, 1.82) is 0 Å². The Morgan fingerprint density at radius 1 is 1.07 bits per heavy atom. The molecule has 0 aliphatic carbocycles. The van der Waals surface area contributed by atoms with Gasteiger partial charge in [0.05, 0.1) is 13.7 Å². The average Bonchev–Trinajstić information content (AvgIpc) is 2.71. The predicted molar refractivity (Wildman–Crippen MR) is 102 cm³/mol. The molecule has 0 spiro atoms. The second kappa shape index (κ2) is 10.1. The van der Waals surface area contributed by atoms with Crippen LogP contribution >= 0.6 is 7.60 Å². The van der Waals surface area contributed by atoms with E-state index in [4.69, 9.17) is 18.5 Å². The van der Waals surface area contributed by atoms with Crippen molar-refractivity contribution in [3.05, 3.63) is 65.7 Å². The molecule has 0 saturated heterocycles. The Labute approximate surface area is 159 Å². The lowest BCUT2D eigenvalue weighted by molar-refractivity contribution is 0.135. The minimum Gasteiger partial charge on any atom is -0.496 e. The van der Waals surface area contributed by atoms with Crippen LogP contribution in [-0.2, 0) is 25.0 Å². The summed E-state index contributed by atoms with van der Waals surface area (Å²) in [5.74, 6) is -0.635. The SMILES string of the molecule is CCOP(=O)(OC)C(NC(=O)OCc1ccccc1)c1ccccc1OC. The van der Waals surface area contributed by atoms with Gasteiger partial charge in [-0.1, -0.05) is 48.5 Å². The predicted octanol–water partition coefficient (Wildman–Crippen LogP) is 4.50. The highest BCUT2D eigenvalue weighted by atomic mass is 31.2. The second-order valence-electron chi connectivity index (χ2n) is 5.49. The number of methoxy groups -OCH3 is 1. The Hall–Kier alpha value is -2.34. The molecule has 0 bridgehead atoms. The molecule has 0 saturated carbocycles. The summed E-state index contributed by atoms with van der Waals surface area (Å²) in [6, 6.07) is 16.1. The van der Waals surface area contributed by atoms with Crippen LogP contribution in [0, 0.1) is 0 Å². The van der Waals surface area contributed by atoms with Crippen LogP contribution in [0.3, 0.4) is 0 Å². The van der Waals surface area contributed by atoms with E-state index in [1.54, 1.807) is 31.2 Å². The van der Waals surface area contributed by atoms with Crippen molar-refractivity contribution in [2.45, 2.75) is 19.3 Å². The summed E-state index contributed by atoms with van der Waals surface area (Å²) in [6.07, 6.45) is -0.744. The van der Waals surface area contributed by atoms with E-state index in [-0.39, 0.29) is 13.2 Å². The Kier molecular flexibility index (Phi) is 7.85. The highest BCUT2D eigenvalue weighted by Crippen LogP contribution is 2.60.